The summed E-state index contributed by atoms with van der Waals surface area (Å²) in [6.07, 6.45) is 10.2. The fraction of sp³-hybridized carbons (Fsp3) is 0.600. The van der Waals surface area contributed by atoms with E-state index in [0.717, 1.165) is 49.0 Å². The Morgan fingerprint density at radius 3 is 2.75 bits per heavy atom. The predicted octanol–water partition coefficient (Wildman–Crippen LogP) is 6.31. The van der Waals surface area contributed by atoms with Gasteiger partial charge in [-0.05, 0) is 56.7 Å². The lowest BCUT2D eigenvalue weighted by Crippen LogP contribution is -2.05. The molecule has 1 aromatic rings. The van der Waals surface area contributed by atoms with Gasteiger partial charge in [-0.1, -0.05) is 31.4 Å². The van der Waals surface area contributed by atoms with Gasteiger partial charge in [0.1, 0.15) is 11.5 Å². The summed E-state index contributed by atoms with van der Waals surface area (Å²) in [5, 5.41) is 10.7. The Kier molecular flexibility index (Phi) is 7.58. The molecule has 1 aromatic carbocycles. The molecule has 1 aliphatic rings. The molecule has 2 atom stereocenters. The summed E-state index contributed by atoms with van der Waals surface area (Å²) in [4.78, 5) is 0. The molecule has 2 unspecified atom stereocenters. The van der Waals surface area contributed by atoms with E-state index < -0.39 is 8.38 Å². The average Bonchev–Trinajstić information content (AvgIpc) is 2.54. The van der Waals surface area contributed by atoms with Crippen LogP contribution in [0, 0.1) is 0 Å². The lowest BCUT2D eigenvalue weighted by molar-refractivity contribution is 0.394. The average molecular weight is 350 g/mol. The molecule has 2 rings (SSSR count). The van der Waals surface area contributed by atoms with Crippen LogP contribution in [0.1, 0.15) is 69.4 Å². The van der Waals surface area contributed by atoms with E-state index in [2.05, 4.69) is 26.0 Å². The van der Waals surface area contributed by atoms with E-state index in [1.807, 2.05) is 12.7 Å². The van der Waals surface area contributed by atoms with Crippen LogP contribution < -0.4 is 4.52 Å². The zero-order chi connectivity index (χ0) is 17.5. The van der Waals surface area contributed by atoms with Gasteiger partial charge in [-0.15, -0.1) is 0 Å². The number of phenols is 1. The van der Waals surface area contributed by atoms with Crippen LogP contribution >= 0.6 is 8.38 Å². The number of aryl methyl sites for hydroxylation is 1. The quantitative estimate of drug-likeness (QED) is 0.339. The SMILES string of the molecule is CCCCCc1cc(O)c(C2C=C(C)CCC2)c(OP(C)OC)c1. The molecule has 0 spiro atoms. The van der Waals surface area contributed by atoms with Gasteiger partial charge in [-0.2, -0.15) is 0 Å². The van der Waals surface area contributed by atoms with Crippen LogP contribution in [0.15, 0.2) is 23.8 Å². The zero-order valence-corrected chi connectivity index (χ0v) is 16.4. The van der Waals surface area contributed by atoms with Crippen LogP contribution in [0.25, 0.3) is 0 Å². The van der Waals surface area contributed by atoms with Crippen molar-refractivity contribution in [3.8, 4) is 11.5 Å². The second-order valence-corrected chi connectivity index (χ2v) is 8.14. The highest BCUT2D eigenvalue weighted by molar-refractivity contribution is 7.46. The van der Waals surface area contributed by atoms with Gasteiger partial charge in [0.2, 0.25) is 8.38 Å². The Hall–Kier alpha value is -1.05. The smallest absolute Gasteiger partial charge is 0.226 e. The summed E-state index contributed by atoms with van der Waals surface area (Å²) < 4.78 is 11.4. The first kappa shape index (κ1) is 19.3. The first-order chi connectivity index (χ1) is 11.5. The van der Waals surface area contributed by atoms with Crippen LogP contribution in [0.3, 0.4) is 0 Å². The van der Waals surface area contributed by atoms with Gasteiger partial charge in [0.15, 0.2) is 0 Å². The van der Waals surface area contributed by atoms with E-state index in [0.29, 0.717) is 5.75 Å². The lowest BCUT2D eigenvalue weighted by atomic mass is 9.84. The minimum Gasteiger partial charge on any atom is -0.507 e. The minimum atomic E-state index is -0.975. The van der Waals surface area contributed by atoms with Crippen molar-refractivity contribution in [2.75, 3.05) is 13.8 Å². The van der Waals surface area contributed by atoms with E-state index in [-0.39, 0.29) is 5.92 Å². The normalized spacial score (nSPS) is 19.0. The highest BCUT2D eigenvalue weighted by Gasteiger charge is 2.23. The fourth-order valence-corrected chi connectivity index (χ4v) is 3.86. The number of hydrogen-bond donors (Lipinski definition) is 1. The third-order valence-electron chi connectivity index (χ3n) is 4.68. The molecule has 0 saturated heterocycles. The van der Waals surface area contributed by atoms with Gasteiger partial charge >= 0.3 is 0 Å². The fourth-order valence-electron chi connectivity index (χ4n) is 3.35. The number of aromatic hydroxyl groups is 1. The van der Waals surface area contributed by atoms with E-state index >= 15 is 0 Å². The van der Waals surface area contributed by atoms with Crippen LogP contribution in [0.4, 0.5) is 0 Å². The molecule has 24 heavy (non-hydrogen) atoms. The zero-order valence-electron chi connectivity index (χ0n) is 15.5. The van der Waals surface area contributed by atoms with E-state index in [1.165, 1.54) is 18.4 Å². The molecule has 0 radical (unpaired) electrons. The molecule has 0 saturated carbocycles. The summed E-state index contributed by atoms with van der Waals surface area (Å²) >= 11 is 0. The van der Waals surface area contributed by atoms with Crippen LogP contribution in [0.5, 0.6) is 11.5 Å². The van der Waals surface area contributed by atoms with E-state index in [9.17, 15) is 5.11 Å². The number of rotatable bonds is 8. The summed E-state index contributed by atoms with van der Waals surface area (Å²) in [6, 6.07) is 4.04. The summed E-state index contributed by atoms with van der Waals surface area (Å²) in [7, 11) is 0.692. The van der Waals surface area contributed by atoms with Gasteiger partial charge in [0.05, 0.1) is 0 Å². The first-order valence-electron chi connectivity index (χ1n) is 9.04. The molecule has 134 valence electrons. The molecule has 0 aliphatic heterocycles. The summed E-state index contributed by atoms with van der Waals surface area (Å²) in [5.74, 6) is 1.40. The predicted molar refractivity (Wildman–Crippen MR) is 102 cm³/mol. The third-order valence-corrected chi connectivity index (χ3v) is 5.64. The maximum Gasteiger partial charge on any atom is 0.226 e. The van der Waals surface area contributed by atoms with Crippen molar-refractivity contribution in [3.05, 3.63) is 34.9 Å². The Balaban J connectivity index is 2.34. The molecule has 1 aliphatic carbocycles. The molecule has 4 heteroatoms. The lowest BCUT2D eigenvalue weighted by Gasteiger charge is -2.25. The number of allylic oxidation sites excluding steroid dienone is 2. The van der Waals surface area contributed by atoms with Gasteiger partial charge in [-0.25, -0.2) is 0 Å². The Labute approximate surface area is 148 Å². The van der Waals surface area contributed by atoms with E-state index in [1.54, 1.807) is 7.11 Å². The number of unbranched alkanes of at least 4 members (excludes halogenated alkanes) is 2. The molecule has 0 heterocycles. The molecule has 1 N–H and O–H groups in total. The molecular formula is C20H31O3P. The van der Waals surface area contributed by atoms with Crippen molar-refractivity contribution in [1.82, 2.24) is 0 Å². The Morgan fingerprint density at radius 1 is 1.29 bits per heavy atom. The van der Waals surface area contributed by atoms with Crippen molar-refractivity contribution in [2.45, 2.75) is 64.7 Å². The van der Waals surface area contributed by atoms with Crippen molar-refractivity contribution in [2.24, 2.45) is 0 Å². The van der Waals surface area contributed by atoms with Crippen LogP contribution in [-0.4, -0.2) is 18.9 Å². The van der Waals surface area contributed by atoms with Crippen LogP contribution in [-0.2, 0) is 10.9 Å². The first-order valence-corrected chi connectivity index (χ1v) is 10.7. The second-order valence-electron chi connectivity index (χ2n) is 6.71. The maximum absolute atomic E-state index is 10.7. The largest absolute Gasteiger partial charge is 0.507 e. The molecule has 0 amide bonds. The minimum absolute atomic E-state index is 0.235. The van der Waals surface area contributed by atoms with Crippen molar-refractivity contribution >= 4 is 8.38 Å². The van der Waals surface area contributed by atoms with Crippen molar-refractivity contribution in [3.63, 3.8) is 0 Å². The monoisotopic (exact) mass is 350 g/mol. The van der Waals surface area contributed by atoms with Crippen molar-refractivity contribution < 1.29 is 14.2 Å². The number of benzene rings is 1. The van der Waals surface area contributed by atoms with Gasteiger partial charge < -0.3 is 14.2 Å². The third kappa shape index (κ3) is 5.22. The Morgan fingerprint density at radius 2 is 2.08 bits per heavy atom. The standard InChI is InChI=1S/C20H31O3P/c1-5-6-7-10-16-13-18(21)20(17-11-8-9-15(2)12-17)19(14-16)23-24(4)22-3/h12-14,17,21H,5-11H2,1-4H3. The highest BCUT2D eigenvalue weighted by atomic mass is 31.2. The second kappa shape index (κ2) is 9.44. The summed E-state index contributed by atoms with van der Waals surface area (Å²) in [6.45, 7) is 6.32. The van der Waals surface area contributed by atoms with Crippen LogP contribution in [0.2, 0.25) is 0 Å². The topological polar surface area (TPSA) is 38.7 Å². The highest BCUT2D eigenvalue weighted by Crippen LogP contribution is 2.46. The Bertz CT molecular complexity index is 568. The molecule has 3 nitrogen and oxygen atoms in total. The number of hydrogen-bond acceptors (Lipinski definition) is 3. The molecular weight excluding hydrogens is 319 g/mol. The summed E-state index contributed by atoms with van der Waals surface area (Å²) in [5.41, 5.74) is 3.48. The van der Waals surface area contributed by atoms with Crippen molar-refractivity contribution in [1.29, 1.82) is 0 Å². The number of phenolic OH excluding ortho intramolecular Hbond substituents is 1. The maximum atomic E-state index is 10.7. The van der Waals surface area contributed by atoms with Gasteiger partial charge in [-0.3, -0.25) is 0 Å². The molecule has 0 fully saturated rings. The molecule has 0 bridgehead atoms. The molecule has 0 aromatic heterocycles. The van der Waals surface area contributed by atoms with E-state index in [4.69, 9.17) is 9.05 Å². The van der Waals surface area contributed by atoms with Gasteiger partial charge in [0, 0.05) is 25.3 Å². The van der Waals surface area contributed by atoms with Gasteiger partial charge in [0.25, 0.3) is 0 Å².